The van der Waals surface area contributed by atoms with Crippen molar-refractivity contribution in [2.75, 3.05) is 18.4 Å². The van der Waals surface area contributed by atoms with Crippen molar-refractivity contribution in [2.45, 2.75) is 17.1 Å². The van der Waals surface area contributed by atoms with Crippen LogP contribution in [0.2, 0.25) is 0 Å². The molecule has 1 aliphatic rings. The normalized spacial score (nSPS) is 14.8. The average Bonchev–Trinajstić information content (AvgIpc) is 3.41. The molecule has 0 unspecified atom stereocenters. The molecule has 8 heteroatoms. The molecule has 0 spiro atoms. The summed E-state index contributed by atoms with van der Waals surface area (Å²) in [4.78, 5) is 13.4. The van der Waals surface area contributed by atoms with E-state index in [-0.39, 0.29) is 5.91 Å². The zero-order valence-electron chi connectivity index (χ0n) is 15.5. The predicted molar refractivity (Wildman–Crippen MR) is 120 cm³/mol. The Labute approximate surface area is 182 Å². The molecule has 0 atom stereocenters. The van der Waals surface area contributed by atoms with Gasteiger partial charge in [-0.3, -0.25) is 4.79 Å². The maximum Gasteiger partial charge on any atom is 0.255 e. The third-order valence-corrected chi connectivity index (χ3v) is 8.73. The first-order chi connectivity index (χ1) is 13.9. The van der Waals surface area contributed by atoms with Gasteiger partial charge in [-0.1, -0.05) is 34.1 Å². The van der Waals surface area contributed by atoms with Crippen LogP contribution in [0.4, 0.5) is 5.69 Å². The van der Waals surface area contributed by atoms with Gasteiger partial charge in [-0.05, 0) is 60.9 Å². The first-order valence-corrected chi connectivity index (χ1v) is 12.3. The van der Waals surface area contributed by atoms with Gasteiger partial charge in [0.2, 0.25) is 0 Å². The van der Waals surface area contributed by atoms with Gasteiger partial charge in [0.25, 0.3) is 15.9 Å². The van der Waals surface area contributed by atoms with E-state index in [1.807, 2.05) is 30.3 Å². The van der Waals surface area contributed by atoms with Crippen LogP contribution in [0.5, 0.6) is 0 Å². The van der Waals surface area contributed by atoms with Gasteiger partial charge in [-0.25, -0.2) is 8.42 Å². The average molecular weight is 491 g/mol. The lowest BCUT2D eigenvalue weighted by Gasteiger charge is -2.13. The van der Waals surface area contributed by atoms with Crippen molar-refractivity contribution in [3.05, 3.63) is 70.7 Å². The Bertz CT molecular complexity index is 1150. The third-order valence-electron chi connectivity index (χ3n) is 4.73. The SMILES string of the molecule is O=C(Nc1cccc(Br)c1)c1cccc(-c2ccc(S(=O)(=O)N3CCCC3)s2)c1. The molecule has 4 rings (SSSR count). The molecule has 2 heterocycles. The highest BCUT2D eigenvalue weighted by atomic mass is 79.9. The Hall–Kier alpha value is -2.00. The van der Waals surface area contributed by atoms with Crippen LogP contribution in [0.15, 0.2) is 69.3 Å². The van der Waals surface area contributed by atoms with E-state index < -0.39 is 10.0 Å². The number of hydrogen-bond donors (Lipinski definition) is 1. The number of nitrogens with zero attached hydrogens (tertiary/aromatic N) is 1. The Kier molecular flexibility index (Phi) is 5.87. The number of amides is 1. The molecule has 1 fully saturated rings. The lowest BCUT2D eigenvalue weighted by Crippen LogP contribution is -2.27. The summed E-state index contributed by atoms with van der Waals surface area (Å²) in [5, 5.41) is 2.88. The molecule has 5 nitrogen and oxygen atoms in total. The summed E-state index contributed by atoms with van der Waals surface area (Å²) in [7, 11) is -3.43. The smallest absolute Gasteiger partial charge is 0.255 e. The zero-order valence-corrected chi connectivity index (χ0v) is 18.7. The summed E-state index contributed by atoms with van der Waals surface area (Å²) < 4.78 is 28.3. The minimum atomic E-state index is -3.43. The molecular weight excluding hydrogens is 472 g/mol. The van der Waals surface area contributed by atoms with Gasteiger partial charge in [-0.2, -0.15) is 4.31 Å². The molecular formula is C21H19BrN2O3S2. The van der Waals surface area contributed by atoms with E-state index >= 15 is 0 Å². The van der Waals surface area contributed by atoms with Crippen LogP contribution >= 0.6 is 27.3 Å². The highest BCUT2D eigenvalue weighted by molar-refractivity contribution is 9.10. The summed E-state index contributed by atoms with van der Waals surface area (Å²) in [5.74, 6) is -0.216. The second kappa shape index (κ2) is 8.39. The minimum absolute atomic E-state index is 0.216. The van der Waals surface area contributed by atoms with Crippen molar-refractivity contribution in [3.8, 4) is 10.4 Å². The van der Waals surface area contributed by atoms with Gasteiger partial charge >= 0.3 is 0 Å². The van der Waals surface area contributed by atoms with Crippen molar-refractivity contribution >= 4 is 48.9 Å². The van der Waals surface area contributed by atoms with Crippen LogP contribution in [0, 0.1) is 0 Å². The van der Waals surface area contributed by atoms with Crippen molar-refractivity contribution in [1.82, 2.24) is 4.31 Å². The van der Waals surface area contributed by atoms with Crippen LogP contribution in [0.1, 0.15) is 23.2 Å². The fourth-order valence-corrected chi connectivity index (χ4v) is 6.63. The molecule has 0 aliphatic carbocycles. The van der Waals surface area contributed by atoms with E-state index in [1.54, 1.807) is 34.6 Å². The largest absolute Gasteiger partial charge is 0.322 e. The number of thiophene rings is 1. The Balaban J connectivity index is 1.56. The number of hydrogen-bond acceptors (Lipinski definition) is 4. The van der Waals surface area contributed by atoms with E-state index in [0.29, 0.717) is 28.5 Å². The number of sulfonamides is 1. The van der Waals surface area contributed by atoms with Gasteiger partial charge in [0.15, 0.2) is 0 Å². The molecule has 1 amide bonds. The number of rotatable bonds is 5. The van der Waals surface area contributed by atoms with Crippen LogP contribution in [0.3, 0.4) is 0 Å². The van der Waals surface area contributed by atoms with Gasteiger partial charge in [0.05, 0.1) is 0 Å². The maximum absolute atomic E-state index is 12.8. The number of nitrogens with one attached hydrogen (secondary N) is 1. The number of carbonyl (C=O) groups excluding carboxylic acids is 1. The summed E-state index contributed by atoms with van der Waals surface area (Å²) in [6.07, 6.45) is 1.82. The van der Waals surface area contributed by atoms with Gasteiger partial charge in [-0.15, -0.1) is 11.3 Å². The van der Waals surface area contributed by atoms with Crippen LogP contribution in [-0.4, -0.2) is 31.7 Å². The zero-order chi connectivity index (χ0) is 20.4. The topological polar surface area (TPSA) is 66.5 Å². The van der Waals surface area contributed by atoms with Crippen LogP contribution in [-0.2, 0) is 10.0 Å². The molecule has 1 N–H and O–H groups in total. The van der Waals surface area contributed by atoms with Crippen LogP contribution in [0.25, 0.3) is 10.4 Å². The number of carbonyl (C=O) groups is 1. The minimum Gasteiger partial charge on any atom is -0.322 e. The number of halogens is 1. The Morgan fingerprint density at radius 1 is 1.00 bits per heavy atom. The van der Waals surface area contributed by atoms with E-state index in [1.165, 1.54) is 11.3 Å². The quantitative estimate of drug-likeness (QED) is 0.533. The molecule has 150 valence electrons. The second-order valence-electron chi connectivity index (χ2n) is 6.78. The lowest BCUT2D eigenvalue weighted by molar-refractivity contribution is 0.102. The van der Waals surface area contributed by atoms with E-state index in [4.69, 9.17) is 0 Å². The molecule has 1 aromatic heterocycles. The molecule has 1 saturated heterocycles. The molecule has 0 bridgehead atoms. The summed E-state index contributed by atoms with van der Waals surface area (Å²) in [6, 6.07) is 18.1. The first kappa shape index (κ1) is 20.3. The van der Waals surface area contributed by atoms with E-state index in [0.717, 1.165) is 27.8 Å². The molecule has 3 aromatic rings. The highest BCUT2D eigenvalue weighted by Crippen LogP contribution is 2.33. The number of benzene rings is 2. The lowest BCUT2D eigenvalue weighted by atomic mass is 10.1. The Morgan fingerprint density at radius 3 is 2.52 bits per heavy atom. The van der Waals surface area contributed by atoms with Crippen molar-refractivity contribution in [3.63, 3.8) is 0 Å². The molecule has 0 saturated carbocycles. The first-order valence-electron chi connectivity index (χ1n) is 9.21. The summed E-state index contributed by atoms with van der Waals surface area (Å²) in [6.45, 7) is 1.17. The standard InChI is InChI=1S/C21H19BrN2O3S2/c22-17-7-4-8-18(14-17)23-21(25)16-6-3-5-15(13-16)19-9-10-20(28-19)29(26,27)24-11-1-2-12-24/h3-10,13-14H,1-2,11-12H2,(H,23,25). The molecule has 29 heavy (non-hydrogen) atoms. The highest BCUT2D eigenvalue weighted by Gasteiger charge is 2.28. The monoisotopic (exact) mass is 490 g/mol. The maximum atomic E-state index is 12.8. The van der Waals surface area contributed by atoms with Gasteiger partial charge in [0.1, 0.15) is 4.21 Å². The fourth-order valence-electron chi connectivity index (χ4n) is 3.25. The third kappa shape index (κ3) is 4.45. The van der Waals surface area contributed by atoms with Crippen molar-refractivity contribution in [1.29, 1.82) is 0 Å². The summed E-state index contributed by atoms with van der Waals surface area (Å²) in [5.41, 5.74) is 2.03. The Morgan fingerprint density at radius 2 is 1.76 bits per heavy atom. The fraction of sp³-hybridized carbons (Fsp3) is 0.190. The molecule has 2 aromatic carbocycles. The number of anilines is 1. The van der Waals surface area contributed by atoms with E-state index in [2.05, 4.69) is 21.2 Å². The van der Waals surface area contributed by atoms with Gasteiger partial charge in [0, 0.05) is 33.7 Å². The molecule has 0 radical (unpaired) electrons. The van der Waals surface area contributed by atoms with E-state index in [9.17, 15) is 13.2 Å². The molecule has 1 aliphatic heterocycles. The van der Waals surface area contributed by atoms with Crippen molar-refractivity contribution < 1.29 is 13.2 Å². The second-order valence-corrected chi connectivity index (χ2v) is 10.9. The van der Waals surface area contributed by atoms with Crippen molar-refractivity contribution in [2.24, 2.45) is 0 Å². The summed E-state index contributed by atoms with van der Waals surface area (Å²) >= 11 is 4.63. The van der Waals surface area contributed by atoms with Gasteiger partial charge < -0.3 is 5.32 Å². The van der Waals surface area contributed by atoms with Crippen LogP contribution < -0.4 is 5.32 Å². The predicted octanol–water partition coefficient (Wildman–Crippen LogP) is 5.21.